The Bertz CT molecular complexity index is 790. The molecule has 0 spiro atoms. The van der Waals surface area contributed by atoms with Crippen LogP contribution in [0.4, 0.5) is 18.9 Å². The number of nitrogens with zero attached hydrogens (tertiary/aromatic N) is 3. The number of hydrogen-bond acceptors (Lipinski definition) is 3. The van der Waals surface area contributed by atoms with Gasteiger partial charge < -0.3 is 9.88 Å². The Morgan fingerprint density at radius 3 is 2.33 bits per heavy atom. The van der Waals surface area contributed by atoms with Crippen LogP contribution >= 0.6 is 0 Å². The molecule has 1 amide bonds. The van der Waals surface area contributed by atoms with E-state index in [2.05, 4.69) is 10.3 Å². The molecule has 146 valence electrons. The van der Waals surface area contributed by atoms with E-state index in [0.717, 1.165) is 17.1 Å². The summed E-state index contributed by atoms with van der Waals surface area (Å²) >= 11 is 0. The van der Waals surface area contributed by atoms with Crippen LogP contribution in [0, 0.1) is 19.8 Å². The number of hydrogen-bond donors (Lipinski definition) is 1. The average molecular weight is 380 g/mol. The standard InChI is InChI=1S/C19H23F3N4O/c1-13-14(2)26(12-23-13)17-5-3-16(4-6-17)24-18(27)15-7-9-25(10-8-15)11-19(20,21)22/h3-6,12,15H,7-11H2,1-2H3,(H,24,27). The van der Waals surface area contributed by atoms with Gasteiger partial charge in [-0.2, -0.15) is 13.2 Å². The molecule has 0 bridgehead atoms. The minimum absolute atomic E-state index is 0.135. The maximum Gasteiger partial charge on any atom is 0.401 e. The summed E-state index contributed by atoms with van der Waals surface area (Å²) in [6, 6.07) is 7.44. The predicted octanol–water partition coefficient (Wildman–Crippen LogP) is 3.70. The third-order valence-corrected chi connectivity index (χ3v) is 5.03. The molecule has 1 aromatic carbocycles. The molecule has 0 aliphatic carbocycles. The first kappa shape index (κ1) is 19.4. The second-order valence-electron chi connectivity index (χ2n) is 6.99. The molecule has 0 saturated carbocycles. The van der Waals surface area contributed by atoms with Gasteiger partial charge in [-0.1, -0.05) is 0 Å². The van der Waals surface area contributed by atoms with E-state index in [1.807, 2.05) is 42.7 Å². The predicted molar refractivity (Wildman–Crippen MR) is 96.9 cm³/mol. The number of likely N-dealkylation sites (tertiary alicyclic amines) is 1. The molecule has 0 unspecified atom stereocenters. The van der Waals surface area contributed by atoms with Gasteiger partial charge in [0.1, 0.15) is 0 Å². The van der Waals surface area contributed by atoms with E-state index in [4.69, 9.17) is 0 Å². The SMILES string of the molecule is Cc1ncn(-c2ccc(NC(=O)C3CCN(CC(F)(F)F)CC3)cc2)c1C. The fraction of sp³-hybridized carbons (Fsp3) is 0.474. The van der Waals surface area contributed by atoms with Crippen LogP contribution in [0.2, 0.25) is 0 Å². The number of amides is 1. The number of benzene rings is 1. The Balaban J connectivity index is 1.55. The van der Waals surface area contributed by atoms with E-state index in [1.54, 1.807) is 6.33 Å². The van der Waals surface area contributed by atoms with Crippen molar-refractivity contribution in [2.24, 2.45) is 5.92 Å². The quantitative estimate of drug-likeness (QED) is 0.880. The van der Waals surface area contributed by atoms with E-state index < -0.39 is 12.7 Å². The number of carbonyl (C=O) groups is 1. The Labute approximate surface area is 156 Å². The Kier molecular flexibility index (Phi) is 5.55. The normalized spacial score (nSPS) is 16.5. The van der Waals surface area contributed by atoms with Crippen molar-refractivity contribution in [2.45, 2.75) is 32.9 Å². The Hall–Kier alpha value is -2.35. The molecule has 1 aliphatic rings. The Morgan fingerprint density at radius 1 is 1.19 bits per heavy atom. The van der Waals surface area contributed by atoms with Crippen molar-refractivity contribution in [3.63, 3.8) is 0 Å². The first-order valence-corrected chi connectivity index (χ1v) is 8.94. The van der Waals surface area contributed by atoms with E-state index in [9.17, 15) is 18.0 Å². The summed E-state index contributed by atoms with van der Waals surface area (Å²) in [6.07, 6.45) is -1.56. The second kappa shape index (κ2) is 7.72. The zero-order chi connectivity index (χ0) is 19.6. The molecule has 27 heavy (non-hydrogen) atoms. The summed E-state index contributed by atoms with van der Waals surface area (Å²) in [6.45, 7) is 3.60. The molecule has 1 fully saturated rings. The number of halogens is 3. The van der Waals surface area contributed by atoms with Gasteiger partial charge in [0.05, 0.1) is 18.6 Å². The average Bonchev–Trinajstić information content (AvgIpc) is 2.94. The summed E-state index contributed by atoms with van der Waals surface area (Å²) in [4.78, 5) is 18.0. The van der Waals surface area contributed by atoms with Gasteiger partial charge >= 0.3 is 6.18 Å². The van der Waals surface area contributed by atoms with Crippen molar-refractivity contribution in [1.82, 2.24) is 14.5 Å². The number of nitrogens with one attached hydrogen (secondary N) is 1. The number of alkyl halides is 3. The van der Waals surface area contributed by atoms with Gasteiger partial charge in [-0.25, -0.2) is 4.98 Å². The highest BCUT2D eigenvalue weighted by molar-refractivity contribution is 5.92. The topological polar surface area (TPSA) is 50.2 Å². The highest BCUT2D eigenvalue weighted by Crippen LogP contribution is 2.24. The molecular formula is C19H23F3N4O. The van der Waals surface area contributed by atoms with E-state index in [1.165, 1.54) is 4.90 Å². The zero-order valence-electron chi connectivity index (χ0n) is 15.4. The number of aromatic nitrogens is 2. The monoisotopic (exact) mass is 380 g/mol. The van der Waals surface area contributed by atoms with Crippen LogP contribution in [0.15, 0.2) is 30.6 Å². The molecule has 1 N–H and O–H groups in total. The molecule has 2 aromatic rings. The fourth-order valence-electron chi connectivity index (χ4n) is 3.32. The molecule has 8 heteroatoms. The molecular weight excluding hydrogens is 357 g/mol. The summed E-state index contributed by atoms with van der Waals surface area (Å²) in [5, 5.41) is 2.87. The van der Waals surface area contributed by atoms with Gasteiger partial charge in [-0.05, 0) is 64.0 Å². The van der Waals surface area contributed by atoms with Crippen LogP contribution in [0.5, 0.6) is 0 Å². The van der Waals surface area contributed by atoms with Crippen molar-refractivity contribution >= 4 is 11.6 Å². The van der Waals surface area contributed by atoms with E-state index in [-0.39, 0.29) is 24.9 Å². The van der Waals surface area contributed by atoms with Crippen molar-refractivity contribution in [3.05, 3.63) is 42.0 Å². The Morgan fingerprint density at radius 2 is 1.81 bits per heavy atom. The van der Waals surface area contributed by atoms with Gasteiger partial charge in [0.2, 0.25) is 5.91 Å². The van der Waals surface area contributed by atoms with Crippen LogP contribution in [0.25, 0.3) is 5.69 Å². The number of carbonyl (C=O) groups excluding carboxylic acids is 1. The highest BCUT2D eigenvalue weighted by Gasteiger charge is 2.33. The van der Waals surface area contributed by atoms with Crippen LogP contribution < -0.4 is 5.32 Å². The molecule has 0 radical (unpaired) electrons. The smallest absolute Gasteiger partial charge is 0.326 e. The van der Waals surface area contributed by atoms with Crippen LogP contribution in [0.3, 0.4) is 0 Å². The maximum atomic E-state index is 12.4. The van der Waals surface area contributed by atoms with Gasteiger partial charge in [-0.3, -0.25) is 9.69 Å². The molecule has 2 heterocycles. The minimum atomic E-state index is -4.19. The zero-order valence-corrected chi connectivity index (χ0v) is 15.4. The summed E-state index contributed by atoms with van der Waals surface area (Å²) in [7, 11) is 0. The number of piperidine rings is 1. The number of aryl methyl sites for hydroxylation is 1. The molecule has 1 saturated heterocycles. The lowest BCUT2D eigenvalue weighted by atomic mass is 9.96. The van der Waals surface area contributed by atoms with Crippen molar-refractivity contribution in [1.29, 1.82) is 0 Å². The molecule has 5 nitrogen and oxygen atoms in total. The van der Waals surface area contributed by atoms with Crippen molar-refractivity contribution < 1.29 is 18.0 Å². The van der Waals surface area contributed by atoms with Crippen LogP contribution in [-0.2, 0) is 4.79 Å². The van der Waals surface area contributed by atoms with Gasteiger partial charge in [0.25, 0.3) is 0 Å². The maximum absolute atomic E-state index is 12.4. The first-order valence-electron chi connectivity index (χ1n) is 8.94. The molecule has 0 atom stereocenters. The van der Waals surface area contributed by atoms with Crippen molar-refractivity contribution in [3.8, 4) is 5.69 Å². The highest BCUT2D eigenvalue weighted by atomic mass is 19.4. The van der Waals surface area contributed by atoms with Gasteiger partial charge in [-0.15, -0.1) is 0 Å². The number of rotatable bonds is 4. The third-order valence-electron chi connectivity index (χ3n) is 5.03. The molecule has 1 aliphatic heterocycles. The first-order chi connectivity index (χ1) is 12.7. The second-order valence-corrected chi connectivity index (χ2v) is 6.99. The third kappa shape index (κ3) is 4.88. The summed E-state index contributed by atoms with van der Waals surface area (Å²) < 4.78 is 39.3. The summed E-state index contributed by atoms with van der Waals surface area (Å²) in [5.74, 6) is -0.392. The molecule has 3 rings (SSSR count). The van der Waals surface area contributed by atoms with Crippen LogP contribution in [0.1, 0.15) is 24.2 Å². The number of anilines is 1. The summed E-state index contributed by atoms with van der Waals surface area (Å²) in [5.41, 5.74) is 3.64. The van der Waals surface area contributed by atoms with E-state index in [0.29, 0.717) is 18.5 Å². The lowest BCUT2D eigenvalue weighted by Gasteiger charge is -2.31. The van der Waals surface area contributed by atoms with Gasteiger partial charge in [0, 0.05) is 23.0 Å². The number of imidazole rings is 1. The lowest BCUT2D eigenvalue weighted by molar-refractivity contribution is -0.149. The van der Waals surface area contributed by atoms with E-state index >= 15 is 0 Å². The lowest BCUT2D eigenvalue weighted by Crippen LogP contribution is -2.42. The fourth-order valence-corrected chi connectivity index (χ4v) is 3.32. The van der Waals surface area contributed by atoms with Gasteiger partial charge in [0.15, 0.2) is 0 Å². The van der Waals surface area contributed by atoms with Crippen molar-refractivity contribution in [2.75, 3.05) is 25.0 Å². The minimum Gasteiger partial charge on any atom is -0.326 e. The van der Waals surface area contributed by atoms with Crippen LogP contribution in [-0.4, -0.2) is 46.2 Å². The molecule has 1 aromatic heterocycles. The largest absolute Gasteiger partial charge is 0.401 e.